The number of halogens is 1. The van der Waals surface area contributed by atoms with E-state index in [-0.39, 0.29) is 11.7 Å². The molecule has 2 heterocycles. The van der Waals surface area contributed by atoms with Crippen molar-refractivity contribution in [3.63, 3.8) is 0 Å². The van der Waals surface area contributed by atoms with Crippen LogP contribution in [0, 0.1) is 5.92 Å². The van der Waals surface area contributed by atoms with Gasteiger partial charge in [-0.3, -0.25) is 4.79 Å². The second kappa shape index (κ2) is 8.63. The van der Waals surface area contributed by atoms with Crippen LogP contribution in [0.1, 0.15) is 38.5 Å². The number of ether oxygens (including phenoxy) is 1. The largest absolute Gasteiger partial charge is 0.489 e. The van der Waals surface area contributed by atoms with Gasteiger partial charge in [0.25, 0.3) is 5.56 Å². The van der Waals surface area contributed by atoms with E-state index in [4.69, 9.17) is 16.3 Å². The van der Waals surface area contributed by atoms with Crippen LogP contribution in [0.25, 0.3) is 10.8 Å². The number of H-pyrrole nitrogens is 1. The van der Waals surface area contributed by atoms with Crippen LogP contribution in [0.15, 0.2) is 29.2 Å². The van der Waals surface area contributed by atoms with Crippen LogP contribution >= 0.6 is 11.6 Å². The zero-order valence-corrected chi connectivity index (χ0v) is 16.4. The van der Waals surface area contributed by atoms with Gasteiger partial charge in [0, 0.05) is 17.6 Å². The third-order valence-electron chi connectivity index (χ3n) is 5.89. The molecule has 4 rings (SSSR count). The molecule has 5 nitrogen and oxygen atoms in total. The van der Waals surface area contributed by atoms with Gasteiger partial charge in [0.15, 0.2) is 0 Å². The van der Waals surface area contributed by atoms with Crippen LogP contribution in [0.3, 0.4) is 0 Å². The average molecular weight is 390 g/mol. The van der Waals surface area contributed by atoms with Crippen molar-refractivity contribution in [1.29, 1.82) is 0 Å². The molecule has 1 aromatic carbocycles. The number of rotatable bonds is 5. The van der Waals surface area contributed by atoms with E-state index in [2.05, 4.69) is 15.6 Å². The highest BCUT2D eigenvalue weighted by Gasteiger charge is 2.24. The molecule has 1 saturated heterocycles. The number of aromatic nitrogens is 1. The number of hydrogen-bond acceptors (Lipinski definition) is 4. The number of fused-ring (bicyclic) bond motifs is 1. The Balaban J connectivity index is 1.30. The molecule has 146 valence electrons. The lowest BCUT2D eigenvalue weighted by Crippen LogP contribution is -2.42. The average Bonchev–Trinajstić information content (AvgIpc) is 2.70. The van der Waals surface area contributed by atoms with E-state index in [9.17, 15) is 4.79 Å². The van der Waals surface area contributed by atoms with Gasteiger partial charge in [-0.25, -0.2) is 0 Å². The minimum atomic E-state index is -0.124. The fourth-order valence-corrected chi connectivity index (χ4v) is 4.48. The maximum Gasteiger partial charge on any atom is 0.255 e. The first-order chi connectivity index (χ1) is 13.2. The predicted molar refractivity (Wildman–Crippen MR) is 110 cm³/mol. The van der Waals surface area contributed by atoms with E-state index in [0.29, 0.717) is 22.2 Å². The summed E-state index contributed by atoms with van der Waals surface area (Å²) in [5.74, 6) is 1.45. The molecule has 2 aromatic rings. The monoisotopic (exact) mass is 389 g/mol. The zero-order valence-electron chi connectivity index (χ0n) is 15.6. The lowest BCUT2D eigenvalue weighted by Gasteiger charge is -2.32. The number of hydrogen-bond donors (Lipinski definition) is 3. The first-order valence-corrected chi connectivity index (χ1v) is 10.5. The Labute approximate surface area is 164 Å². The van der Waals surface area contributed by atoms with Crippen molar-refractivity contribution in [2.45, 2.75) is 50.7 Å². The molecule has 0 radical (unpaired) electrons. The number of piperidine rings is 1. The molecular weight excluding hydrogens is 362 g/mol. The van der Waals surface area contributed by atoms with Crippen LogP contribution in [-0.2, 0) is 0 Å². The summed E-state index contributed by atoms with van der Waals surface area (Å²) in [6, 6.07) is 6.06. The van der Waals surface area contributed by atoms with Crippen LogP contribution in [0.5, 0.6) is 5.75 Å². The topological polar surface area (TPSA) is 66.2 Å². The summed E-state index contributed by atoms with van der Waals surface area (Å²) in [7, 11) is 0. The number of nitrogens with one attached hydrogen (secondary N) is 3. The third kappa shape index (κ3) is 4.65. The second-order valence-corrected chi connectivity index (χ2v) is 8.30. The molecule has 6 heteroatoms. The fourth-order valence-electron chi connectivity index (χ4n) is 4.27. The summed E-state index contributed by atoms with van der Waals surface area (Å²) < 4.78 is 6.19. The molecule has 2 fully saturated rings. The first kappa shape index (κ1) is 18.8. The van der Waals surface area contributed by atoms with Crippen LogP contribution < -0.4 is 20.9 Å². The van der Waals surface area contributed by atoms with Gasteiger partial charge in [0.05, 0.1) is 11.1 Å². The highest BCUT2D eigenvalue weighted by Crippen LogP contribution is 2.32. The molecule has 1 aliphatic carbocycles. The molecule has 1 aliphatic heterocycles. The van der Waals surface area contributed by atoms with Crippen molar-refractivity contribution in [1.82, 2.24) is 15.6 Å². The van der Waals surface area contributed by atoms with Gasteiger partial charge in [-0.15, -0.1) is 0 Å². The van der Waals surface area contributed by atoms with Gasteiger partial charge >= 0.3 is 0 Å². The summed E-state index contributed by atoms with van der Waals surface area (Å²) in [6.45, 7) is 3.44. The lowest BCUT2D eigenvalue weighted by atomic mass is 9.92. The number of benzene rings is 1. The van der Waals surface area contributed by atoms with Crippen molar-refractivity contribution in [3.05, 3.63) is 39.8 Å². The Hall–Kier alpha value is -1.56. The highest BCUT2D eigenvalue weighted by molar-refractivity contribution is 6.32. The standard InChI is InChI=1S/C21H28ClN3O2/c22-19-11-18-15(7-9-24-21(18)26)10-20(19)27-17-5-3-16(4-6-17)25-13-14-2-1-8-23-12-14/h7,9-11,14,16-17,23,25H,1-6,8,12-13H2,(H,24,26). The van der Waals surface area contributed by atoms with E-state index in [1.807, 2.05) is 12.1 Å². The van der Waals surface area contributed by atoms with Crippen LogP contribution in [0.2, 0.25) is 5.02 Å². The van der Waals surface area contributed by atoms with Crippen LogP contribution in [0.4, 0.5) is 0 Å². The highest BCUT2D eigenvalue weighted by atomic mass is 35.5. The Morgan fingerprint density at radius 2 is 2.04 bits per heavy atom. The van der Waals surface area contributed by atoms with Crippen molar-refractivity contribution < 1.29 is 4.74 Å². The molecule has 0 amide bonds. The number of aromatic amines is 1. The summed E-state index contributed by atoms with van der Waals surface area (Å²) in [4.78, 5) is 14.6. The minimum Gasteiger partial charge on any atom is -0.489 e. The van der Waals surface area contributed by atoms with Crippen molar-refractivity contribution in [2.75, 3.05) is 19.6 Å². The number of pyridine rings is 1. The Morgan fingerprint density at radius 1 is 1.19 bits per heavy atom. The van der Waals surface area contributed by atoms with Gasteiger partial charge < -0.3 is 20.4 Å². The van der Waals surface area contributed by atoms with Gasteiger partial charge in [-0.05, 0) is 87.7 Å². The van der Waals surface area contributed by atoms with Gasteiger partial charge in [-0.1, -0.05) is 11.6 Å². The molecule has 0 spiro atoms. The van der Waals surface area contributed by atoms with Gasteiger partial charge in [-0.2, -0.15) is 0 Å². The maximum absolute atomic E-state index is 11.9. The predicted octanol–water partition coefficient (Wildman–Crippen LogP) is 3.46. The van der Waals surface area contributed by atoms with E-state index in [1.54, 1.807) is 12.3 Å². The van der Waals surface area contributed by atoms with E-state index in [0.717, 1.165) is 50.1 Å². The SMILES string of the molecule is O=c1[nH]ccc2cc(OC3CCC(NCC4CCCNC4)CC3)c(Cl)cc12. The third-order valence-corrected chi connectivity index (χ3v) is 6.18. The molecule has 1 unspecified atom stereocenters. The molecular formula is C21H28ClN3O2. The molecule has 1 saturated carbocycles. The summed E-state index contributed by atoms with van der Waals surface area (Å²) in [5, 5.41) is 9.20. The molecule has 1 aromatic heterocycles. The molecule has 3 N–H and O–H groups in total. The smallest absolute Gasteiger partial charge is 0.255 e. The summed E-state index contributed by atoms with van der Waals surface area (Å²) >= 11 is 6.36. The van der Waals surface area contributed by atoms with Crippen molar-refractivity contribution >= 4 is 22.4 Å². The first-order valence-electron chi connectivity index (χ1n) is 10.1. The molecule has 1 atom stereocenters. The van der Waals surface area contributed by atoms with Crippen molar-refractivity contribution in [3.8, 4) is 5.75 Å². The molecule has 2 aliphatic rings. The van der Waals surface area contributed by atoms with Crippen LogP contribution in [-0.4, -0.2) is 36.8 Å². The normalized spacial score (nSPS) is 26.2. The van der Waals surface area contributed by atoms with E-state index in [1.165, 1.54) is 19.4 Å². The Morgan fingerprint density at radius 3 is 2.81 bits per heavy atom. The molecule has 0 bridgehead atoms. The second-order valence-electron chi connectivity index (χ2n) is 7.89. The lowest BCUT2D eigenvalue weighted by molar-refractivity contribution is 0.138. The summed E-state index contributed by atoms with van der Waals surface area (Å²) in [6.07, 6.45) is 8.81. The minimum absolute atomic E-state index is 0.124. The van der Waals surface area contributed by atoms with Gasteiger partial charge in [0.1, 0.15) is 5.75 Å². The maximum atomic E-state index is 11.9. The van der Waals surface area contributed by atoms with Gasteiger partial charge in [0.2, 0.25) is 0 Å². The zero-order chi connectivity index (χ0) is 18.6. The Kier molecular flexibility index (Phi) is 6.01. The van der Waals surface area contributed by atoms with E-state index >= 15 is 0 Å². The quantitative estimate of drug-likeness (QED) is 0.732. The Bertz CT molecular complexity index is 824. The summed E-state index contributed by atoms with van der Waals surface area (Å²) in [5.41, 5.74) is -0.124. The molecule has 27 heavy (non-hydrogen) atoms. The van der Waals surface area contributed by atoms with Crippen molar-refractivity contribution in [2.24, 2.45) is 5.92 Å². The fraction of sp³-hybridized carbons (Fsp3) is 0.571. The van der Waals surface area contributed by atoms with E-state index < -0.39 is 0 Å².